The van der Waals surface area contributed by atoms with Crippen molar-refractivity contribution in [1.29, 1.82) is 0 Å². The molecule has 0 saturated heterocycles. The number of halogens is 2. The molecular weight excluding hydrogens is 287 g/mol. The normalized spacial score (nSPS) is 12.7. The molecule has 2 rings (SSSR count). The molecule has 1 unspecified atom stereocenters. The zero-order chi connectivity index (χ0) is 12.4. The molecule has 0 amide bonds. The predicted octanol–water partition coefficient (Wildman–Crippen LogP) is 3.77. The van der Waals surface area contributed by atoms with E-state index in [4.69, 9.17) is 4.42 Å². The molecule has 0 spiro atoms. The maximum Gasteiger partial charge on any atom is 0.137 e. The Morgan fingerprint density at radius 2 is 2.12 bits per heavy atom. The van der Waals surface area contributed by atoms with Gasteiger partial charge in [-0.2, -0.15) is 0 Å². The van der Waals surface area contributed by atoms with Crippen LogP contribution in [0.5, 0.6) is 0 Å². The SMILES string of the molecule is Cc1ccc(C(O)Cc2ccc(F)c(Br)c2)o1. The van der Waals surface area contributed by atoms with Crippen LogP contribution in [0.2, 0.25) is 0 Å². The molecule has 1 aromatic heterocycles. The standard InChI is InChI=1S/C13H12BrFO2/c1-8-2-5-13(17-8)12(16)7-9-3-4-11(15)10(14)6-9/h2-6,12,16H,7H2,1H3. The highest BCUT2D eigenvalue weighted by molar-refractivity contribution is 9.10. The highest BCUT2D eigenvalue weighted by atomic mass is 79.9. The summed E-state index contributed by atoms with van der Waals surface area (Å²) in [6.45, 7) is 1.82. The van der Waals surface area contributed by atoms with Crippen LogP contribution in [0.3, 0.4) is 0 Å². The third kappa shape index (κ3) is 2.96. The van der Waals surface area contributed by atoms with E-state index in [0.717, 1.165) is 11.3 Å². The quantitative estimate of drug-likeness (QED) is 0.936. The Morgan fingerprint density at radius 1 is 1.35 bits per heavy atom. The number of aliphatic hydroxyl groups excluding tert-OH is 1. The third-order valence-corrected chi connectivity index (χ3v) is 3.11. The van der Waals surface area contributed by atoms with Gasteiger partial charge in [-0.1, -0.05) is 6.07 Å². The minimum Gasteiger partial charge on any atom is -0.464 e. The molecule has 0 saturated carbocycles. The summed E-state index contributed by atoms with van der Waals surface area (Å²) in [5.41, 5.74) is 0.847. The van der Waals surface area contributed by atoms with Crippen molar-refractivity contribution in [2.24, 2.45) is 0 Å². The number of aryl methyl sites for hydroxylation is 1. The maximum absolute atomic E-state index is 13.0. The first-order chi connectivity index (χ1) is 8.06. The molecule has 90 valence electrons. The van der Waals surface area contributed by atoms with E-state index in [-0.39, 0.29) is 5.82 Å². The fourth-order valence-electron chi connectivity index (χ4n) is 1.62. The zero-order valence-corrected chi connectivity index (χ0v) is 10.9. The second kappa shape index (κ2) is 5.02. The Morgan fingerprint density at radius 3 is 2.71 bits per heavy atom. The number of benzene rings is 1. The summed E-state index contributed by atoms with van der Waals surface area (Å²) < 4.78 is 18.8. The molecule has 0 aliphatic rings. The Labute approximate surface area is 107 Å². The average Bonchev–Trinajstić information content (AvgIpc) is 2.70. The van der Waals surface area contributed by atoms with Crippen molar-refractivity contribution in [2.75, 3.05) is 0 Å². The van der Waals surface area contributed by atoms with Gasteiger partial charge in [0.15, 0.2) is 0 Å². The van der Waals surface area contributed by atoms with Gasteiger partial charge in [-0.25, -0.2) is 4.39 Å². The van der Waals surface area contributed by atoms with Crippen molar-refractivity contribution in [2.45, 2.75) is 19.4 Å². The van der Waals surface area contributed by atoms with Gasteiger partial charge in [0.25, 0.3) is 0 Å². The Hall–Kier alpha value is -1.13. The van der Waals surface area contributed by atoms with Crippen LogP contribution in [0, 0.1) is 12.7 Å². The average molecular weight is 299 g/mol. The summed E-state index contributed by atoms with van der Waals surface area (Å²) in [7, 11) is 0. The first-order valence-corrected chi connectivity index (χ1v) is 6.04. The van der Waals surface area contributed by atoms with E-state index in [0.29, 0.717) is 16.7 Å². The van der Waals surface area contributed by atoms with E-state index >= 15 is 0 Å². The molecule has 0 aliphatic carbocycles. The van der Waals surface area contributed by atoms with Crippen LogP contribution in [-0.4, -0.2) is 5.11 Å². The zero-order valence-electron chi connectivity index (χ0n) is 9.28. The van der Waals surface area contributed by atoms with Gasteiger partial charge in [-0.15, -0.1) is 0 Å². The second-order valence-corrected chi connectivity index (χ2v) is 4.77. The Kier molecular flexibility index (Phi) is 3.64. The summed E-state index contributed by atoms with van der Waals surface area (Å²) in [6.07, 6.45) is -0.313. The van der Waals surface area contributed by atoms with Crippen LogP contribution in [0.1, 0.15) is 23.2 Å². The predicted molar refractivity (Wildman–Crippen MR) is 66.2 cm³/mol. The van der Waals surface area contributed by atoms with E-state index in [1.54, 1.807) is 24.3 Å². The van der Waals surface area contributed by atoms with E-state index in [1.807, 2.05) is 6.92 Å². The minimum absolute atomic E-state index is 0.308. The summed E-state index contributed by atoms with van der Waals surface area (Å²) in [5, 5.41) is 9.94. The van der Waals surface area contributed by atoms with Crippen LogP contribution in [0.4, 0.5) is 4.39 Å². The van der Waals surface area contributed by atoms with E-state index in [9.17, 15) is 9.50 Å². The minimum atomic E-state index is -0.707. The topological polar surface area (TPSA) is 33.4 Å². The van der Waals surface area contributed by atoms with Gasteiger partial charge < -0.3 is 9.52 Å². The van der Waals surface area contributed by atoms with Crippen LogP contribution in [-0.2, 0) is 6.42 Å². The van der Waals surface area contributed by atoms with Crippen molar-refractivity contribution in [3.05, 3.63) is 57.7 Å². The number of furan rings is 1. The van der Waals surface area contributed by atoms with Crippen molar-refractivity contribution in [1.82, 2.24) is 0 Å². The molecule has 1 heterocycles. The van der Waals surface area contributed by atoms with Crippen LogP contribution in [0.15, 0.2) is 39.2 Å². The number of hydrogen-bond donors (Lipinski definition) is 1. The lowest BCUT2D eigenvalue weighted by Gasteiger charge is -2.08. The van der Waals surface area contributed by atoms with Gasteiger partial charge in [-0.3, -0.25) is 0 Å². The fraction of sp³-hybridized carbons (Fsp3) is 0.231. The first-order valence-electron chi connectivity index (χ1n) is 5.24. The number of aliphatic hydroxyl groups is 1. The molecule has 1 aromatic carbocycles. The van der Waals surface area contributed by atoms with Gasteiger partial charge in [-0.05, 0) is 52.7 Å². The Balaban J connectivity index is 2.12. The lowest BCUT2D eigenvalue weighted by atomic mass is 10.1. The second-order valence-electron chi connectivity index (χ2n) is 3.92. The van der Waals surface area contributed by atoms with Crippen molar-refractivity contribution in [3.8, 4) is 0 Å². The van der Waals surface area contributed by atoms with Gasteiger partial charge in [0.2, 0.25) is 0 Å². The van der Waals surface area contributed by atoms with E-state index in [2.05, 4.69) is 15.9 Å². The Bertz CT molecular complexity index is 522. The molecule has 4 heteroatoms. The molecule has 0 radical (unpaired) electrons. The van der Waals surface area contributed by atoms with Crippen molar-refractivity contribution < 1.29 is 13.9 Å². The smallest absolute Gasteiger partial charge is 0.137 e. The van der Waals surface area contributed by atoms with Gasteiger partial charge >= 0.3 is 0 Å². The molecule has 1 N–H and O–H groups in total. The molecule has 1 atom stereocenters. The largest absolute Gasteiger partial charge is 0.464 e. The molecular formula is C13H12BrFO2. The molecule has 0 aliphatic heterocycles. The highest BCUT2D eigenvalue weighted by Crippen LogP contribution is 2.23. The summed E-state index contributed by atoms with van der Waals surface area (Å²) >= 11 is 3.12. The van der Waals surface area contributed by atoms with Gasteiger partial charge in [0.1, 0.15) is 23.4 Å². The van der Waals surface area contributed by atoms with Gasteiger partial charge in [0, 0.05) is 6.42 Å². The lowest BCUT2D eigenvalue weighted by molar-refractivity contribution is 0.149. The number of rotatable bonds is 3. The maximum atomic E-state index is 13.0. The summed E-state index contributed by atoms with van der Waals surface area (Å²) in [4.78, 5) is 0. The van der Waals surface area contributed by atoms with Crippen molar-refractivity contribution in [3.63, 3.8) is 0 Å². The van der Waals surface area contributed by atoms with Crippen molar-refractivity contribution >= 4 is 15.9 Å². The first kappa shape index (κ1) is 12.3. The lowest BCUT2D eigenvalue weighted by Crippen LogP contribution is -2.00. The number of hydrogen-bond acceptors (Lipinski definition) is 2. The molecule has 0 fully saturated rings. The molecule has 17 heavy (non-hydrogen) atoms. The monoisotopic (exact) mass is 298 g/mol. The van der Waals surface area contributed by atoms with E-state index in [1.165, 1.54) is 6.07 Å². The molecule has 0 bridgehead atoms. The highest BCUT2D eigenvalue weighted by Gasteiger charge is 2.13. The summed E-state index contributed by atoms with van der Waals surface area (Å²) in [6, 6.07) is 8.24. The van der Waals surface area contributed by atoms with Crippen LogP contribution >= 0.6 is 15.9 Å². The molecule has 2 nitrogen and oxygen atoms in total. The molecule has 2 aromatic rings. The third-order valence-electron chi connectivity index (χ3n) is 2.50. The van der Waals surface area contributed by atoms with Crippen LogP contribution < -0.4 is 0 Å². The summed E-state index contributed by atoms with van der Waals surface area (Å²) in [5.74, 6) is 0.986. The fourth-order valence-corrected chi connectivity index (χ4v) is 2.05. The van der Waals surface area contributed by atoms with Gasteiger partial charge in [0.05, 0.1) is 4.47 Å². The van der Waals surface area contributed by atoms with E-state index < -0.39 is 6.10 Å². The van der Waals surface area contributed by atoms with Crippen LogP contribution in [0.25, 0.3) is 0 Å².